The number of halogens is 1. The van der Waals surface area contributed by atoms with Gasteiger partial charge in [0.25, 0.3) is 5.56 Å². The molecule has 2 fully saturated rings. The number of hydrogen-bond donors (Lipinski definition) is 0. The zero-order valence-corrected chi connectivity index (χ0v) is 24.5. The van der Waals surface area contributed by atoms with E-state index in [2.05, 4.69) is 16.8 Å². The molecule has 1 unspecified atom stereocenters. The SMILES string of the molecule is CC(CC(=O)N(C)C)N1[C@@H]2CC[C@H]1C[C@H](Oc1ccc(-n3cnc4cc(-c5ccc(Cl)cc5)sc4c3=O)cc1)C2. The predicted octanol–water partition coefficient (Wildman–Crippen LogP) is 6.01. The molecule has 2 bridgehead atoms. The van der Waals surface area contributed by atoms with Crippen molar-refractivity contribution in [1.82, 2.24) is 19.4 Å². The maximum atomic E-state index is 13.4. The minimum absolute atomic E-state index is 0.0882. The predicted molar refractivity (Wildman–Crippen MR) is 161 cm³/mol. The Morgan fingerprint density at radius 2 is 1.77 bits per heavy atom. The van der Waals surface area contributed by atoms with Gasteiger partial charge >= 0.3 is 0 Å². The van der Waals surface area contributed by atoms with Crippen molar-refractivity contribution in [2.24, 2.45) is 0 Å². The van der Waals surface area contributed by atoms with Gasteiger partial charge in [-0.05, 0) is 80.6 Å². The van der Waals surface area contributed by atoms with Crippen LogP contribution in [0.25, 0.3) is 26.3 Å². The lowest BCUT2D eigenvalue weighted by Gasteiger charge is -2.42. The number of aromatic nitrogens is 2. The summed E-state index contributed by atoms with van der Waals surface area (Å²) in [7, 11) is 3.64. The molecule has 9 heteroatoms. The molecular formula is C31H33ClN4O3S. The molecule has 4 aromatic rings. The fourth-order valence-corrected chi connectivity index (χ4v) is 7.42. The molecule has 208 valence electrons. The van der Waals surface area contributed by atoms with Crippen molar-refractivity contribution in [2.75, 3.05) is 14.1 Å². The smallest absolute Gasteiger partial charge is 0.275 e. The van der Waals surface area contributed by atoms with Crippen molar-refractivity contribution < 1.29 is 9.53 Å². The molecule has 0 spiro atoms. The van der Waals surface area contributed by atoms with Crippen LogP contribution in [-0.4, -0.2) is 63.6 Å². The van der Waals surface area contributed by atoms with Gasteiger partial charge in [-0.15, -0.1) is 11.3 Å². The number of thiophene rings is 1. The first-order valence-electron chi connectivity index (χ1n) is 13.8. The molecule has 1 amide bonds. The minimum atomic E-state index is -0.0882. The first-order valence-corrected chi connectivity index (χ1v) is 15.0. The lowest BCUT2D eigenvalue weighted by Crippen LogP contribution is -2.51. The first-order chi connectivity index (χ1) is 19.3. The van der Waals surface area contributed by atoms with E-state index in [1.165, 1.54) is 11.3 Å². The number of carbonyl (C=O) groups excluding carboxylic acids is 1. The number of piperidine rings is 1. The normalized spacial score (nSPS) is 21.4. The fourth-order valence-electron chi connectivity index (χ4n) is 6.25. The summed E-state index contributed by atoms with van der Waals surface area (Å²) in [6.45, 7) is 2.18. The van der Waals surface area contributed by atoms with Crippen LogP contribution in [0.1, 0.15) is 39.0 Å². The molecule has 2 aromatic carbocycles. The van der Waals surface area contributed by atoms with Crippen LogP contribution in [0, 0.1) is 0 Å². The number of ether oxygens (including phenoxy) is 1. The molecule has 2 saturated heterocycles. The van der Waals surface area contributed by atoms with Crippen LogP contribution in [-0.2, 0) is 4.79 Å². The summed E-state index contributed by atoms with van der Waals surface area (Å²) < 4.78 is 8.63. The average molecular weight is 577 g/mol. The summed E-state index contributed by atoms with van der Waals surface area (Å²) in [4.78, 5) is 35.4. The molecular weight excluding hydrogens is 544 g/mol. The Morgan fingerprint density at radius 1 is 1.10 bits per heavy atom. The van der Waals surface area contributed by atoms with Gasteiger partial charge in [0.1, 0.15) is 22.9 Å². The van der Waals surface area contributed by atoms with Crippen LogP contribution in [0.3, 0.4) is 0 Å². The number of benzene rings is 2. The van der Waals surface area contributed by atoms with E-state index in [1.54, 1.807) is 15.8 Å². The lowest BCUT2D eigenvalue weighted by molar-refractivity contribution is -0.130. The van der Waals surface area contributed by atoms with Gasteiger partial charge in [0.2, 0.25) is 5.91 Å². The summed E-state index contributed by atoms with van der Waals surface area (Å²) in [5.74, 6) is 0.987. The third-order valence-electron chi connectivity index (χ3n) is 8.21. The molecule has 4 atom stereocenters. The number of amides is 1. The van der Waals surface area contributed by atoms with Gasteiger partial charge in [0.15, 0.2) is 0 Å². The molecule has 7 nitrogen and oxygen atoms in total. The highest BCUT2D eigenvalue weighted by Crippen LogP contribution is 2.39. The van der Waals surface area contributed by atoms with Gasteiger partial charge in [0.05, 0.1) is 11.2 Å². The Morgan fingerprint density at radius 3 is 2.42 bits per heavy atom. The number of nitrogens with zero attached hydrogens (tertiary/aromatic N) is 4. The maximum Gasteiger partial charge on any atom is 0.275 e. The zero-order chi connectivity index (χ0) is 28.0. The van der Waals surface area contributed by atoms with Crippen LogP contribution in [0.15, 0.2) is 65.7 Å². The number of fused-ring (bicyclic) bond motifs is 3. The summed E-state index contributed by atoms with van der Waals surface area (Å²) in [6.07, 6.45) is 6.54. The Bertz CT molecular complexity index is 1570. The largest absolute Gasteiger partial charge is 0.490 e. The van der Waals surface area contributed by atoms with Gasteiger partial charge in [-0.2, -0.15) is 0 Å². The van der Waals surface area contributed by atoms with E-state index in [4.69, 9.17) is 16.3 Å². The summed E-state index contributed by atoms with van der Waals surface area (Å²) in [5.41, 5.74) is 2.37. The van der Waals surface area contributed by atoms with Gasteiger partial charge < -0.3 is 9.64 Å². The van der Waals surface area contributed by atoms with Gasteiger partial charge in [-0.25, -0.2) is 4.98 Å². The zero-order valence-electron chi connectivity index (χ0n) is 22.9. The van der Waals surface area contributed by atoms with Crippen LogP contribution in [0.5, 0.6) is 5.75 Å². The molecule has 2 aliphatic rings. The maximum absolute atomic E-state index is 13.4. The van der Waals surface area contributed by atoms with Crippen molar-refractivity contribution in [2.45, 2.75) is 63.3 Å². The monoisotopic (exact) mass is 576 g/mol. The van der Waals surface area contributed by atoms with E-state index < -0.39 is 0 Å². The molecule has 6 rings (SSSR count). The molecule has 0 radical (unpaired) electrons. The second-order valence-corrected chi connectivity index (χ2v) is 12.6. The number of rotatable bonds is 7. The number of carbonyl (C=O) groups is 1. The van der Waals surface area contributed by atoms with E-state index in [9.17, 15) is 9.59 Å². The quantitative estimate of drug-likeness (QED) is 0.270. The van der Waals surface area contributed by atoms with E-state index >= 15 is 0 Å². The molecule has 0 N–H and O–H groups in total. The van der Waals surface area contributed by atoms with E-state index in [0.717, 1.165) is 47.6 Å². The highest BCUT2D eigenvalue weighted by Gasteiger charge is 2.43. The Kier molecular flexibility index (Phi) is 7.42. The third kappa shape index (κ3) is 5.28. The van der Waals surface area contributed by atoms with Gasteiger partial charge in [-0.1, -0.05) is 23.7 Å². The summed E-state index contributed by atoms with van der Waals surface area (Å²) in [5, 5.41) is 0.679. The highest BCUT2D eigenvalue weighted by molar-refractivity contribution is 7.22. The second-order valence-electron chi connectivity index (χ2n) is 11.1. The summed E-state index contributed by atoms with van der Waals surface area (Å²) >= 11 is 7.47. The summed E-state index contributed by atoms with van der Waals surface area (Å²) in [6, 6.07) is 18.4. The van der Waals surface area contributed by atoms with Gasteiger partial charge in [0, 0.05) is 48.5 Å². The third-order valence-corrected chi connectivity index (χ3v) is 9.62. The minimum Gasteiger partial charge on any atom is -0.490 e. The molecule has 2 aliphatic heterocycles. The van der Waals surface area contributed by atoms with Crippen molar-refractivity contribution in [3.63, 3.8) is 0 Å². The molecule has 0 saturated carbocycles. The van der Waals surface area contributed by atoms with Gasteiger partial charge in [-0.3, -0.25) is 19.1 Å². The van der Waals surface area contributed by atoms with Crippen molar-refractivity contribution >= 4 is 39.1 Å². The van der Waals surface area contributed by atoms with E-state index in [1.807, 2.05) is 68.7 Å². The average Bonchev–Trinajstić information content (AvgIpc) is 3.49. The van der Waals surface area contributed by atoms with E-state index in [0.29, 0.717) is 33.7 Å². The van der Waals surface area contributed by atoms with Crippen LogP contribution in [0.4, 0.5) is 0 Å². The van der Waals surface area contributed by atoms with Crippen molar-refractivity contribution in [1.29, 1.82) is 0 Å². The number of hydrogen-bond acceptors (Lipinski definition) is 6. The Labute approximate surface area is 243 Å². The van der Waals surface area contributed by atoms with Crippen LogP contribution >= 0.6 is 22.9 Å². The van der Waals surface area contributed by atoms with Crippen molar-refractivity contribution in [3.05, 3.63) is 76.3 Å². The standard InChI is InChI=1S/C31H33ClN4O3S/c1-19(14-29(37)34(2)3)36-23-8-9-24(36)16-26(15-23)39-25-12-10-22(11-13-25)35-18-33-27-17-28(40-30(27)31(35)38)20-4-6-21(32)7-5-20/h4-7,10-13,17-19,23-24,26H,8-9,14-16H2,1-3H3/t19?,23-,24+,26-. The second kappa shape index (κ2) is 11.0. The fraction of sp³-hybridized carbons (Fsp3) is 0.387. The van der Waals surface area contributed by atoms with Crippen LogP contribution < -0.4 is 10.3 Å². The molecule has 2 aromatic heterocycles. The van der Waals surface area contributed by atoms with E-state index in [-0.39, 0.29) is 23.6 Å². The Balaban J connectivity index is 1.14. The first kappa shape index (κ1) is 27.0. The molecule has 40 heavy (non-hydrogen) atoms. The topological polar surface area (TPSA) is 67.7 Å². The molecule has 4 heterocycles. The highest BCUT2D eigenvalue weighted by atomic mass is 35.5. The van der Waals surface area contributed by atoms with Crippen LogP contribution in [0.2, 0.25) is 5.02 Å². The lowest BCUT2D eigenvalue weighted by atomic mass is 9.96. The van der Waals surface area contributed by atoms with Crippen molar-refractivity contribution in [3.8, 4) is 21.9 Å². The Hall–Kier alpha value is -3.20. The molecule has 0 aliphatic carbocycles.